The highest BCUT2D eigenvalue weighted by Gasteiger charge is 2.42. The first-order valence-electron chi connectivity index (χ1n) is 7.25. The minimum Gasteiger partial charge on any atom is -0.379 e. The Labute approximate surface area is 123 Å². The normalized spacial score (nSPS) is 15.7. The van der Waals surface area contributed by atoms with E-state index in [1.165, 1.54) is 0 Å². The predicted octanol–water partition coefficient (Wildman–Crippen LogP) is 1.83. The van der Waals surface area contributed by atoms with Gasteiger partial charge in [-0.3, -0.25) is 9.89 Å². The van der Waals surface area contributed by atoms with E-state index in [0.29, 0.717) is 18.7 Å². The Bertz CT molecular complexity index is 638. The fourth-order valence-electron chi connectivity index (χ4n) is 2.81. The van der Waals surface area contributed by atoms with Gasteiger partial charge in [0.05, 0.1) is 0 Å². The molecule has 0 bridgehead atoms. The summed E-state index contributed by atoms with van der Waals surface area (Å²) in [5.41, 5.74) is 1.66. The van der Waals surface area contributed by atoms with Gasteiger partial charge in [-0.25, -0.2) is 0 Å². The summed E-state index contributed by atoms with van der Waals surface area (Å²) in [6.45, 7) is 2.08. The molecule has 3 rings (SSSR count). The monoisotopic (exact) mass is 285 g/mol. The molecule has 0 atom stereocenters. The van der Waals surface area contributed by atoms with Crippen LogP contribution in [0.5, 0.6) is 0 Å². The molecule has 1 aliphatic carbocycles. The van der Waals surface area contributed by atoms with E-state index in [2.05, 4.69) is 22.4 Å². The molecule has 0 radical (unpaired) electrons. The summed E-state index contributed by atoms with van der Waals surface area (Å²) in [7, 11) is 0. The predicted molar refractivity (Wildman–Crippen MR) is 80.0 cm³/mol. The number of hydrogen-bond donors (Lipinski definition) is 3. The van der Waals surface area contributed by atoms with E-state index < -0.39 is 11.5 Å². The number of fused-ring (bicyclic) bond motifs is 1. The smallest absolute Gasteiger partial charge is 0.258 e. The lowest BCUT2D eigenvalue weighted by molar-refractivity contribution is -0.133. The Morgan fingerprint density at radius 1 is 1.38 bits per heavy atom. The zero-order valence-electron chi connectivity index (χ0n) is 12.0. The third-order valence-electron chi connectivity index (χ3n) is 3.90. The van der Waals surface area contributed by atoms with E-state index in [1.54, 1.807) is 0 Å². The fraction of sp³-hybridized carbons (Fsp3) is 0.375. The number of H-pyrrole nitrogens is 1. The van der Waals surface area contributed by atoms with Crippen molar-refractivity contribution in [1.29, 1.82) is 0 Å². The number of aromatic amines is 1. The number of nitrogens with zero attached hydrogens (tertiary/aromatic N) is 1. The van der Waals surface area contributed by atoms with Gasteiger partial charge in [0.2, 0.25) is 0 Å². The molecule has 3 N–H and O–H groups in total. The molecule has 0 spiro atoms. The zero-order chi connectivity index (χ0) is 14.9. The molecular weight excluding hydrogens is 266 g/mol. The second-order valence-electron chi connectivity index (χ2n) is 5.64. The number of hydrogen-bond acceptors (Lipinski definition) is 3. The zero-order valence-corrected chi connectivity index (χ0v) is 12.0. The summed E-state index contributed by atoms with van der Waals surface area (Å²) in [5, 5.41) is 20.3. The first kappa shape index (κ1) is 13.8. The van der Waals surface area contributed by atoms with E-state index in [-0.39, 0.29) is 0 Å². The van der Waals surface area contributed by atoms with Crippen LogP contribution in [0, 0.1) is 0 Å². The van der Waals surface area contributed by atoms with Crippen molar-refractivity contribution in [1.82, 2.24) is 10.2 Å². The Hall–Kier alpha value is -2.14. The van der Waals surface area contributed by atoms with E-state index in [4.69, 9.17) is 0 Å². The number of benzene rings is 1. The van der Waals surface area contributed by atoms with Crippen molar-refractivity contribution in [2.75, 3.05) is 5.32 Å². The van der Waals surface area contributed by atoms with Gasteiger partial charge in [0, 0.05) is 24.6 Å². The van der Waals surface area contributed by atoms with Crippen LogP contribution < -0.4 is 5.32 Å². The molecule has 0 saturated carbocycles. The number of amides is 1. The number of aliphatic hydroxyl groups is 1. The number of rotatable bonds is 4. The van der Waals surface area contributed by atoms with Crippen molar-refractivity contribution in [3.63, 3.8) is 0 Å². The third-order valence-corrected chi connectivity index (χ3v) is 3.90. The van der Waals surface area contributed by atoms with Gasteiger partial charge in [-0.05, 0) is 17.5 Å². The maximum absolute atomic E-state index is 12.4. The van der Waals surface area contributed by atoms with E-state index in [1.807, 2.05) is 30.3 Å². The SMILES string of the molecule is CCCc1cc(NC(=O)C2(O)Cc3ccccc3C2)n[nH]1. The molecule has 1 heterocycles. The summed E-state index contributed by atoms with van der Waals surface area (Å²) in [4.78, 5) is 12.4. The number of nitrogens with one attached hydrogen (secondary N) is 2. The summed E-state index contributed by atoms with van der Waals surface area (Å²) in [6, 6.07) is 9.57. The Kier molecular flexibility index (Phi) is 3.51. The van der Waals surface area contributed by atoms with Crippen LogP contribution in [0.1, 0.15) is 30.2 Å². The maximum Gasteiger partial charge on any atom is 0.258 e. The van der Waals surface area contributed by atoms with Gasteiger partial charge < -0.3 is 10.4 Å². The van der Waals surface area contributed by atoms with Crippen LogP contribution in [0.15, 0.2) is 30.3 Å². The Morgan fingerprint density at radius 2 is 2.05 bits per heavy atom. The first-order chi connectivity index (χ1) is 10.1. The summed E-state index contributed by atoms with van der Waals surface area (Å²) in [6.07, 6.45) is 2.59. The van der Waals surface area contributed by atoms with Gasteiger partial charge in [-0.1, -0.05) is 37.6 Å². The first-order valence-corrected chi connectivity index (χ1v) is 7.25. The topological polar surface area (TPSA) is 78.0 Å². The van der Waals surface area contributed by atoms with Crippen molar-refractivity contribution < 1.29 is 9.90 Å². The van der Waals surface area contributed by atoms with E-state index in [9.17, 15) is 9.90 Å². The van der Waals surface area contributed by atoms with E-state index in [0.717, 1.165) is 29.7 Å². The third kappa shape index (κ3) is 2.69. The number of aryl methyl sites for hydroxylation is 1. The van der Waals surface area contributed by atoms with Crippen LogP contribution in [0.2, 0.25) is 0 Å². The highest BCUT2D eigenvalue weighted by molar-refractivity contribution is 5.97. The minimum absolute atomic E-state index is 0.348. The quantitative estimate of drug-likeness (QED) is 0.802. The number of aromatic nitrogens is 2. The standard InChI is InChI=1S/C16H19N3O2/c1-2-5-13-8-14(19-18-13)17-15(20)16(21)9-11-6-3-4-7-12(11)10-16/h3-4,6-8,21H,2,5,9-10H2,1H3,(H2,17,18,19,20). The van der Waals surface area contributed by atoms with Crippen LogP contribution in [0.4, 0.5) is 5.82 Å². The van der Waals surface area contributed by atoms with Crippen molar-refractivity contribution in [2.24, 2.45) is 0 Å². The average Bonchev–Trinajstić information content (AvgIpc) is 3.03. The molecule has 0 fully saturated rings. The molecule has 5 heteroatoms. The number of carbonyl (C=O) groups is 1. The maximum atomic E-state index is 12.4. The highest BCUT2D eigenvalue weighted by Crippen LogP contribution is 2.30. The summed E-state index contributed by atoms with van der Waals surface area (Å²) in [5.74, 6) is 0.0704. The lowest BCUT2D eigenvalue weighted by Gasteiger charge is -2.20. The largest absolute Gasteiger partial charge is 0.379 e. The van der Waals surface area contributed by atoms with Crippen molar-refractivity contribution in [3.05, 3.63) is 47.2 Å². The molecule has 1 aliphatic rings. The minimum atomic E-state index is -1.38. The fourth-order valence-corrected chi connectivity index (χ4v) is 2.81. The summed E-state index contributed by atoms with van der Waals surface area (Å²) < 4.78 is 0. The van der Waals surface area contributed by atoms with E-state index >= 15 is 0 Å². The second kappa shape index (κ2) is 5.33. The molecule has 2 aromatic rings. The van der Waals surface area contributed by atoms with Gasteiger partial charge >= 0.3 is 0 Å². The van der Waals surface area contributed by atoms with Gasteiger partial charge in [0.25, 0.3) is 5.91 Å². The van der Waals surface area contributed by atoms with Gasteiger partial charge in [0.1, 0.15) is 0 Å². The molecule has 110 valence electrons. The molecule has 21 heavy (non-hydrogen) atoms. The highest BCUT2D eigenvalue weighted by atomic mass is 16.3. The van der Waals surface area contributed by atoms with Crippen LogP contribution >= 0.6 is 0 Å². The number of anilines is 1. The number of carbonyl (C=O) groups excluding carboxylic acids is 1. The van der Waals surface area contributed by atoms with Crippen molar-refractivity contribution >= 4 is 11.7 Å². The Balaban J connectivity index is 1.71. The van der Waals surface area contributed by atoms with Gasteiger partial charge in [-0.15, -0.1) is 0 Å². The molecule has 1 aromatic heterocycles. The second-order valence-corrected chi connectivity index (χ2v) is 5.64. The molecule has 0 aliphatic heterocycles. The Morgan fingerprint density at radius 3 is 2.67 bits per heavy atom. The van der Waals surface area contributed by atoms with Gasteiger partial charge in [-0.2, -0.15) is 5.10 Å². The molecular formula is C16H19N3O2. The molecule has 1 amide bonds. The van der Waals surface area contributed by atoms with Crippen molar-refractivity contribution in [2.45, 2.75) is 38.2 Å². The van der Waals surface area contributed by atoms with Crippen LogP contribution in [0.25, 0.3) is 0 Å². The molecule has 0 unspecified atom stereocenters. The molecule has 0 saturated heterocycles. The van der Waals surface area contributed by atoms with Crippen LogP contribution in [-0.2, 0) is 24.1 Å². The average molecular weight is 285 g/mol. The van der Waals surface area contributed by atoms with Gasteiger partial charge in [0.15, 0.2) is 11.4 Å². The molecule has 1 aromatic carbocycles. The molecule has 5 nitrogen and oxygen atoms in total. The van der Waals surface area contributed by atoms with Crippen LogP contribution in [-0.4, -0.2) is 26.8 Å². The lowest BCUT2D eigenvalue weighted by atomic mass is 9.99. The van der Waals surface area contributed by atoms with Crippen molar-refractivity contribution in [3.8, 4) is 0 Å². The summed E-state index contributed by atoms with van der Waals surface area (Å²) >= 11 is 0. The lowest BCUT2D eigenvalue weighted by Crippen LogP contribution is -2.43. The van der Waals surface area contributed by atoms with Crippen LogP contribution in [0.3, 0.4) is 0 Å².